The molecular weight excluding hydrogens is 420 g/mol. The van der Waals surface area contributed by atoms with Crippen LogP contribution in [-0.4, -0.2) is 36.4 Å². The van der Waals surface area contributed by atoms with E-state index in [0.717, 1.165) is 10.0 Å². The number of benzene rings is 2. The lowest BCUT2D eigenvalue weighted by Gasteiger charge is -2.28. The number of hydrogen-bond donors (Lipinski definition) is 1. The number of nitrogens with one attached hydrogen (secondary N) is 1. The molecule has 0 bridgehead atoms. The Morgan fingerprint density at radius 3 is 2.54 bits per heavy atom. The second-order valence-electron chi connectivity index (χ2n) is 5.66. The molecule has 7 heteroatoms. The van der Waals surface area contributed by atoms with E-state index in [1.54, 1.807) is 32.2 Å². The number of likely N-dealkylation sites (N-methyl/N-ethyl adjacent to an activating group) is 1. The summed E-state index contributed by atoms with van der Waals surface area (Å²) in [6.07, 6.45) is 0. The fourth-order valence-electron chi connectivity index (χ4n) is 2.39. The smallest absolute Gasteiger partial charge is 0.261 e. The molecule has 0 aromatic heterocycles. The number of carbonyl (C=O) groups excluding carboxylic acids is 2. The maximum Gasteiger partial charge on any atom is 0.261 e. The summed E-state index contributed by atoms with van der Waals surface area (Å²) in [5, 5.41) is 2.98. The highest BCUT2D eigenvalue weighted by Gasteiger charge is 2.26. The van der Waals surface area contributed by atoms with Crippen LogP contribution in [0.4, 0.5) is 0 Å². The molecule has 0 aliphatic heterocycles. The highest BCUT2D eigenvalue weighted by Crippen LogP contribution is 2.27. The first kappa shape index (κ1) is 20.3. The Bertz CT molecular complexity index is 771. The lowest BCUT2D eigenvalue weighted by molar-refractivity contribution is -0.142. The summed E-state index contributed by atoms with van der Waals surface area (Å²) in [7, 11) is 1.54. The molecular formula is C19H20BrClN2O3. The first-order chi connectivity index (χ1) is 12.4. The molecule has 0 aliphatic rings. The van der Waals surface area contributed by atoms with Crippen LogP contribution in [0.5, 0.6) is 5.75 Å². The molecule has 0 saturated carbocycles. The number of amides is 2. The number of halogens is 2. The van der Waals surface area contributed by atoms with Crippen LogP contribution in [0.3, 0.4) is 0 Å². The number of rotatable bonds is 7. The molecule has 1 atom stereocenters. The van der Waals surface area contributed by atoms with Crippen LogP contribution in [0.25, 0.3) is 0 Å². The van der Waals surface area contributed by atoms with Crippen LogP contribution in [-0.2, 0) is 16.1 Å². The van der Waals surface area contributed by atoms with Crippen molar-refractivity contribution in [1.82, 2.24) is 10.2 Å². The molecule has 138 valence electrons. The zero-order chi connectivity index (χ0) is 19.1. The SMILES string of the molecule is CNC(=O)C(C)N(Cc1ccccc1)C(=O)COc1ccc(Br)cc1Cl. The Balaban J connectivity index is 2.12. The average molecular weight is 440 g/mol. The fourth-order valence-corrected chi connectivity index (χ4v) is 3.11. The number of nitrogens with zero attached hydrogens (tertiary/aromatic N) is 1. The van der Waals surface area contributed by atoms with Crippen LogP contribution in [0.15, 0.2) is 53.0 Å². The number of carbonyl (C=O) groups is 2. The summed E-state index contributed by atoms with van der Waals surface area (Å²) in [4.78, 5) is 26.3. The van der Waals surface area contributed by atoms with Gasteiger partial charge in [0.1, 0.15) is 11.8 Å². The van der Waals surface area contributed by atoms with Crippen molar-refractivity contribution in [2.75, 3.05) is 13.7 Å². The van der Waals surface area contributed by atoms with Crippen molar-refractivity contribution in [3.05, 3.63) is 63.6 Å². The zero-order valence-electron chi connectivity index (χ0n) is 14.5. The fraction of sp³-hybridized carbons (Fsp3) is 0.263. The Labute approximate surface area is 166 Å². The van der Waals surface area contributed by atoms with Gasteiger partial charge in [0, 0.05) is 18.1 Å². The van der Waals surface area contributed by atoms with Crippen LogP contribution < -0.4 is 10.1 Å². The second kappa shape index (κ2) is 9.59. The van der Waals surface area contributed by atoms with Crippen molar-refractivity contribution >= 4 is 39.3 Å². The van der Waals surface area contributed by atoms with Crippen LogP contribution >= 0.6 is 27.5 Å². The Morgan fingerprint density at radius 1 is 1.23 bits per heavy atom. The molecule has 0 aliphatic carbocycles. The van der Waals surface area contributed by atoms with E-state index >= 15 is 0 Å². The zero-order valence-corrected chi connectivity index (χ0v) is 16.9. The number of hydrogen-bond acceptors (Lipinski definition) is 3. The lowest BCUT2D eigenvalue weighted by atomic mass is 10.1. The van der Waals surface area contributed by atoms with Crippen molar-refractivity contribution < 1.29 is 14.3 Å². The van der Waals surface area contributed by atoms with Crippen molar-refractivity contribution in [2.45, 2.75) is 19.5 Å². The third-order valence-electron chi connectivity index (χ3n) is 3.85. The van der Waals surface area contributed by atoms with E-state index in [1.807, 2.05) is 30.3 Å². The summed E-state index contributed by atoms with van der Waals surface area (Å²) < 4.78 is 6.38. The Morgan fingerprint density at radius 2 is 1.92 bits per heavy atom. The third kappa shape index (κ3) is 5.47. The van der Waals surface area contributed by atoms with E-state index in [-0.39, 0.29) is 18.4 Å². The summed E-state index contributed by atoms with van der Waals surface area (Å²) in [5.74, 6) is -0.129. The van der Waals surface area contributed by atoms with E-state index in [0.29, 0.717) is 17.3 Å². The summed E-state index contributed by atoms with van der Waals surface area (Å²) in [5.41, 5.74) is 0.929. The van der Waals surface area contributed by atoms with Gasteiger partial charge >= 0.3 is 0 Å². The van der Waals surface area contributed by atoms with Crippen molar-refractivity contribution in [3.8, 4) is 5.75 Å². The predicted molar refractivity (Wildman–Crippen MR) is 105 cm³/mol. The molecule has 2 amide bonds. The molecule has 0 saturated heterocycles. The van der Waals surface area contributed by atoms with Gasteiger partial charge < -0.3 is 15.0 Å². The normalized spacial score (nSPS) is 11.5. The van der Waals surface area contributed by atoms with E-state index in [1.165, 1.54) is 4.90 Å². The van der Waals surface area contributed by atoms with E-state index in [9.17, 15) is 9.59 Å². The van der Waals surface area contributed by atoms with Crippen molar-refractivity contribution in [1.29, 1.82) is 0 Å². The van der Waals surface area contributed by atoms with Crippen molar-refractivity contribution in [2.24, 2.45) is 0 Å². The predicted octanol–water partition coefficient (Wildman–Crippen LogP) is 3.64. The van der Waals surface area contributed by atoms with Crippen LogP contribution in [0.1, 0.15) is 12.5 Å². The molecule has 2 rings (SSSR count). The topological polar surface area (TPSA) is 58.6 Å². The summed E-state index contributed by atoms with van der Waals surface area (Å²) in [6, 6.07) is 14.0. The largest absolute Gasteiger partial charge is 0.482 e. The molecule has 1 unspecified atom stereocenters. The average Bonchev–Trinajstić information content (AvgIpc) is 2.64. The maximum atomic E-state index is 12.7. The first-order valence-corrected chi connectivity index (χ1v) is 9.22. The van der Waals surface area contributed by atoms with Crippen LogP contribution in [0.2, 0.25) is 5.02 Å². The molecule has 5 nitrogen and oxygen atoms in total. The lowest BCUT2D eigenvalue weighted by Crippen LogP contribution is -2.48. The maximum absolute atomic E-state index is 12.7. The molecule has 2 aromatic rings. The van der Waals surface area contributed by atoms with Gasteiger partial charge in [0.15, 0.2) is 6.61 Å². The Kier molecular flexibility index (Phi) is 7.48. The molecule has 0 spiro atoms. The third-order valence-corrected chi connectivity index (χ3v) is 4.64. The second-order valence-corrected chi connectivity index (χ2v) is 6.98. The van der Waals surface area contributed by atoms with Crippen molar-refractivity contribution in [3.63, 3.8) is 0 Å². The van der Waals surface area contributed by atoms with Gasteiger partial charge in [-0.05, 0) is 30.7 Å². The van der Waals surface area contributed by atoms with Gasteiger partial charge in [0.2, 0.25) is 5.91 Å². The summed E-state index contributed by atoms with van der Waals surface area (Å²) in [6.45, 7) is 1.79. The standard InChI is InChI=1S/C19H20BrClN2O3/c1-13(19(25)22-2)23(11-14-6-4-3-5-7-14)18(24)12-26-17-9-8-15(20)10-16(17)21/h3-10,13H,11-12H2,1-2H3,(H,22,25). The van der Waals surface area contributed by atoms with E-state index in [2.05, 4.69) is 21.2 Å². The Hall–Kier alpha value is -2.05. The van der Waals surface area contributed by atoms with Gasteiger partial charge in [-0.25, -0.2) is 0 Å². The molecule has 0 radical (unpaired) electrons. The minimum atomic E-state index is -0.628. The van der Waals surface area contributed by atoms with Gasteiger partial charge in [-0.15, -0.1) is 0 Å². The number of ether oxygens (including phenoxy) is 1. The monoisotopic (exact) mass is 438 g/mol. The highest BCUT2D eigenvalue weighted by atomic mass is 79.9. The quantitative estimate of drug-likeness (QED) is 0.716. The molecule has 2 aromatic carbocycles. The molecule has 0 fully saturated rings. The van der Waals surface area contributed by atoms with Crippen LogP contribution in [0, 0.1) is 0 Å². The highest BCUT2D eigenvalue weighted by molar-refractivity contribution is 9.10. The van der Waals surface area contributed by atoms with Gasteiger partial charge in [-0.2, -0.15) is 0 Å². The van der Waals surface area contributed by atoms with Gasteiger partial charge in [-0.3, -0.25) is 9.59 Å². The molecule has 26 heavy (non-hydrogen) atoms. The van der Waals surface area contributed by atoms with E-state index < -0.39 is 6.04 Å². The first-order valence-electron chi connectivity index (χ1n) is 8.05. The summed E-state index contributed by atoms with van der Waals surface area (Å²) >= 11 is 9.43. The van der Waals surface area contributed by atoms with Gasteiger partial charge in [0.05, 0.1) is 5.02 Å². The van der Waals surface area contributed by atoms with Gasteiger partial charge in [-0.1, -0.05) is 57.9 Å². The minimum Gasteiger partial charge on any atom is -0.482 e. The van der Waals surface area contributed by atoms with E-state index in [4.69, 9.17) is 16.3 Å². The minimum absolute atomic E-state index is 0.213. The molecule has 0 heterocycles. The molecule has 1 N–H and O–H groups in total. The van der Waals surface area contributed by atoms with Gasteiger partial charge in [0.25, 0.3) is 5.91 Å².